The number of benzene rings is 1. The molecule has 2 amide bonds. The van der Waals surface area contributed by atoms with E-state index in [1.54, 1.807) is 0 Å². The SMILES string of the molecule is O=C([O-])CN1C(=O)SC(=Cc2ccc(C(F)(F)F)cc2)C1=O. The molecule has 1 aromatic carbocycles. The minimum atomic E-state index is -4.47. The van der Waals surface area contributed by atoms with Crippen LogP contribution in [0.2, 0.25) is 0 Å². The van der Waals surface area contributed by atoms with Crippen molar-refractivity contribution in [1.82, 2.24) is 4.90 Å². The number of carboxylic acid groups (broad SMARTS) is 1. The highest BCUT2D eigenvalue weighted by atomic mass is 32.2. The Morgan fingerprint density at radius 3 is 2.32 bits per heavy atom. The molecule has 0 N–H and O–H groups in total. The van der Waals surface area contributed by atoms with Crippen molar-refractivity contribution in [3.63, 3.8) is 0 Å². The number of carbonyl (C=O) groups is 3. The molecule has 0 radical (unpaired) electrons. The molecule has 1 aliphatic heterocycles. The van der Waals surface area contributed by atoms with E-state index in [9.17, 15) is 32.7 Å². The maximum absolute atomic E-state index is 12.4. The number of carboxylic acids is 1. The van der Waals surface area contributed by atoms with E-state index in [2.05, 4.69) is 0 Å². The van der Waals surface area contributed by atoms with Crippen LogP contribution in [-0.4, -0.2) is 28.6 Å². The van der Waals surface area contributed by atoms with Crippen LogP contribution in [0.25, 0.3) is 6.08 Å². The number of hydrogen-bond donors (Lipinski definition) is 0. The summed E-state index contributed by atoms with van der Waals surface area (Å²) in [6, 6.07) is 3.99. The summed E-state index contributed by atoms with van der Waals surface area (Å²) in [5.74, 6) is -2.41. The van der Waals surface area contributed by atoms with Gasteiger partial charge in [0.2, 0.25) is 0 Å². The number of halogens is 3. The number of carbonyl (C=O) groups excluding carboxylic acids is 3. The van der Waals surface area contributed by atoms with E-state index in [-0.39, 0.29) is 10.5 Å². The van der Waals surface area contributed by atoms with Gasteiger partial charge in [-0.15, -0.1) is 0 Å². The van der Waals surface area contributed by atoms with Crippen LogP contribution in [0.5, 0.6) is 0 Å². The summed E-state index contributed by atoms with van der Waals surface area (Å²) in [6.45, 7) is -0.866. The van der Waals surface area contributed by atoms with Gasteiger partial charge in [-0.3, -0.25) is 14.5 Å². The first-order valence-corrected chi connectivity index (χ1v) is 6.62. The molecular weight excluding hydrogens is 323 g/mol. The number of thioether (sulfide) groups is 1. The molecule has 2 rings (SSSR count). The quantitative estimate of drug-likeness (QED) is 0.785. The van der Waals surface area contributed by atoms with E-state index in [4.69, 9.17) is 0 Å². The molecule has 1 aromatic rings. The zero-order valence-electron chi connectivity index (χ0n) is 10.7. The first-order chi connectivity index (χ1) is 10.2. The molecule has 0 bridgehead atoms. The number of amides is 2. The average molecular weight is 330 g/mol. The summed E-state index contributed by atoms with van der Waals surface area (Å²) in [7, 11) is 0. The van der Waals surface area contributed by atoms with Crippen LogP contribution in [0.15, 0.2) is 29.2 Å². The number of imide groups is 1. The fourth-order valence-electron chi connectivity index (χ4n) is 1.69. The zero-order valence-corrected chi connectivity index (χ0v) is 11.5. The Morgan fingerprint density at radius 1 is 1.23 bits per heavy atom. The summed E-state index contributed by atoms with van der Waals surface area (Å²) in [4.78, 5) is 34.2. The summed E-state index contributed by atoms with van der Waals surface area (Å²) < 4.78 is 37.3. The van der Waals surface area contributed by atoms with Crippen LogP contribution in [0, 0.1) is 0 Å². The van der Waals surface area contributed by atoms with Crippen molar-refractivity contribution in [3.8, 4) is 0 Å². The van der Waals surface area contributed by atoms with Gasteiger partial charge in [-0.05, 0) is 35.5 Å². The first-order valence-electron chi connectivity index (χ1n) is 5.81. The summed E-state index contributed by atoms with van der Waals surface area (Å²) in [5, 5.41) is 9.68. The van der Waals surface area contributed by atoms with Crippen molar-refractivity contribution in [3.05, 3.63) is 40.3 Å². The van der Waals surface area contributed by atoms with Gasteiger partial charge in [0.1, 0.15) is 0 Å². The van der Waals surface area contributed by atoms with Crippen molar-refractivity contribution in [2.45, 2.75) is 6.18 Å². The van der Waals surface area contributed by atoms with Gasteiger partial charge < -0.3 is 9.90 Å². The fraction of sp³-hybridized carbons (Fsp3) is 0.154. The van der Waals surface area contributed by atoms with Crippen molar-refractivity contribution >= 4 is 35.0 Å². The summed E-state index contributed by atoms with van der Waals surface area (Å²) in [6.07, 6.45) is -3.24. The summed E-state index contributed by atoms with van der Waals surface area (Å²) in [5.41, 5.74) is -0.554. The molecular formula is C13H7F3NO4S-. The Kier molecular flexibility index (Phi) is 4.27. The molecule has 116 valence electrons. The molecule has 1 heterocycles. The van der Waals surface area contributed by atoms with E-state index in [1.807, 2.05) is 0 Å². The Labute approximate surface area is 126 Å². The fourth-order valence-corrected chi connectivity index (χ4v) is 2.52. The maximum Gasteiger partial charge on any atom is 0.416 e. The van der Waals surface area contributed by atoms with Crippen LogP contribution < -0.4 is 5.11 Å². The van der Waals surface area contributed by atoms with Gasteiger partial charge in [0.05, 0.1) is 23.0 Å². The molecule has 22 heavy (non-hydrogen) atoms. The monoisotopic (exact) mass is 330 g/mol. The van der Waals surface area contributed by atoms with E-state index in [0.717, 1.165) is 24.3 Å². The predicted molar refractivity (Wildman–Crippen MR) is 69.1 cm³/mol. The average Bonchev–Trinajstić information content (AvgIpc) is 2.66. The van der Waals surface area contributed by atoms with Gasteiger partial charge in [0.15, 0.2) is 0 Å². The van der Waals surface area contributed by atoms with Gasteiger partial charge in [-0.25, -0.2) is 0 Å². The molecule has 0 unspecified atom stereocenters. The first kappa shape index (κ1) is 16.1. The highest BCUT2D eigenvalue weighted by Crippen LogP contribution is 2.33. The predicted octanol–water partition coefficient (Wildman–Crippen LogP) is 1.49. The van der Waals surface area contributed by atoms with Crippen molar-refractivity contribution in [1.29, 1.82) is 0 Å². The van der Waals surface area contributed by atoms with E-state index in [1.165, 1.54) is 6.08 Å². The van der Waals surface area contributed by atoms with Crippen LogP contribution in [0.4, 0.5) is 18.0 Å². The molecule has 0 spiro atoms. The second-order valence-electron chi connectivity index (χ2n) is 4.26. The van der Waals surface area contributed by atoms with Gasteiger partial charge in [-0.1, -0.05) is 12.1 Å². The number of nitrogens with zero attached hydrogens (tertiary/aromatic N) is 1. The third kappa shape index (κ3) is 3.48. The van der Waals surface area contributed by atoms with E-state index < -0.39 is 35.4 Å². The normalized spacial score (nSPS) is 17.4. The number of alkyl halides is 3. The standard InChI is InChI=1S/C13H8F3NO4S/c14-13(15,16)8-3-1-7(2-4-8)5-9-11(20)17(6-10(18)19)12(21)22-9/h1-5H,6H2,(H,18,19)/p-1. The third-order valence-electron chi connectivity index (χ3n) is 2.70. The van der Waals surface area contributed by atoms with Gasteiger partial charge in [-0.2, -0.15) is 13.2 Å². The van der Waals surface area contributed by atoms with Crippen LogP contribution in [0.3, 0.4) is 0 Å². The number of hydrogen-bond acceptors (Lipinski definition) is 5. The molecule has 1 aliphatic rings. The highest BCUT2D eigenvalue weighted by molar-refractivity contribution is 8.18. The lowest BCUT2D eigenvalue weighted by Crippen LogP contribution is -2.40. The van der Waals surface area contributed by atoms with Gasteiger partial charge >= 0.3 is 6.18 Å². The van der Waals surface area contributed by atoms with Gasteiger partial charge in [0, 0.05) is 0 Å². The third-order valence-corrected chi connectivity index (χ3v) is 3.60. The second kappa shape index (κ2) is 5.84. The van der Waals surface area contributed by atoms with Crippen LogP contribution >= 0.6 is 11.8 Å². The Balaban J connectivity index is 2.22. The lowest BCUT2D eigenvalue weighted by molar-refractivity contribution is -0.305. The second-order valence-corrected chi connectivity index (χ2v) is 5.25. The molecule has 5 nitrogen and oxygen atoms in total. The molecule has 1 fully saturated rings. The lowest BCUT2D eigenvalue weighted by atomic mass is 10.1. The van der Waals surface area contributed by atoms with Crippen LogP contribution in [-0.2, 0) is 15.8 Å². The van der Waals surface area contributed by atoms with E-state index in [0.29, 0.717) is 16.7 Å². The Morgan fingerprint density at radius 2 is 1.82 bits per heavy atom. The van der Waals surface area contributed by atoms with Crippen molar-refractivity contribution < 1.29 is 32.7 Å². The molecule has 0 saturated carbocycles. The van der Waals surface area contributed by atoms with Crippen molar-refractivity contribution in [2.24, 2.45) is 0 Å². The maximum atomic E-state index is 12.4. The Bertz CT molecular complexity index is 667. The molecule has 1 saturated heterocycles. The van der Waals surface area contributed by atoms with Crippen molar-refractivity contribution in [2.75, 3.05) is 6.54 Å². The topological polar surface area (TPSA) is 77.5 Å². The molecule has 0 atom stereocenters. The number of aliphatic carboxylic acids is 1. The summed E-state index contributed by atoms with van der Waals surface area (Å²) >= 11 is 0.514. The smallest absolute Gasteiger partial charge is 0.416 e. The number of rotatable bonds is 3. The van der Waals surface area contributed by atoms with Gasteiger partial charge in [0.25, 0.3) is 11.1 Å². The minimum absolute atomic E-state index is 0.0639. The molecule has 0 aliphatic carbocycles. The largest absolute Gasteiger partial charge is 0.548 e. The molecule has 0 aromatic heterocycles. The zero-order chi connectivity index (χ0) is 16.5. The highest BCUT2D eigenvalue weighted by Gasteiger charge is 2.35. The lowest BCUT2D eigenvalue weighted by Gasteiger charge is -2.12. The van der Waals surface area contributed by atoms with E-state index >= 15 is 0 Å². The Hall–Kier alpha value is -2.29. The van der Waals surface area contributed by atoms with Crippen LogP contribution in [0.1, 0.15) is 11.1 Å². The molecule has 9 heteroatoms. The minimum Gasteiger partial charge on any atom is -0.548 e.